The molecule has 0 bridgehead atoms. The Hall–Kier alpha value is -1.30. The van der Waals surface area contributed by atoms with Gasteiger partial charge >= 0.3 is 0 Å². The number of carbonyl (C=O) groups excluding carboxylic acids is 2. The highest BCUT2D eigenvalue weighted by atomic mass is 35.5. The second-order valence-corrected chi connectivity index (χ2v) is 6.28. The molecule has 3 N–H and O–H groups in total. The predicted octanol–water partition coefficient (Wildman–Crippen LogP) is 2.39. The van der Waals surface area contributed by atoms with Crippen LogP contribution in [0.2, 0.25) is 5.02 Å². The lowest BCUT2D eigenvalue weighted by molar-refractivity contribution is -0.121. The van der Waals surface area contributed by atoms with E-state index in [0.29, 0.717) is 36.0 Å². The number of carbonyl (C=O) groups is 2. The Labute approximate surface area is 154 Å². The highest BCUT2D eigenvalue weighted by Crippen LogP contribution is 2.17. The van der Waals surface area contributed by atoms with E-state index in [1.807, 2.05) is 0 Å². The van der Waals surface area contributed by atoms with Crippen molar-refractivity contribution in [3.8, 4) is 0 Å². The van der Waals surface area contributed by atoms with Crippen LogP contribution in [-0.2, 0) is 4.79 Å². The topological polar surface area (TPSA) is 70.2 Å². The highest BCUT2D eigenvalue weighted by molar-refractivity contribution is 6.30. The van der Waals surface area contributed by atoms with Crippen molar-refractivity contribution < 1.29 is 9.59 Å². The van der Waals surface area contributed by atoms with Gasteiger partial charge in [-0.05, 0) is 62.5 Å². The number of piperidine rings is 1. The maximum atomic E-state index is 11.9. The van der Waals surface area contributed by atoms with E-state index in [1.54, 1.807) is 24.3 Å². The van der Waals surface area contributed by atoms with E-state index in [0.717, 1.165) is 32.4 Å². The lowest BCUT2D eigenvalue weighted by Gasteiger charge is -2.22. The Morgan fingerprint density at radius 1 is 1.08 bits per heavy atom. The molecule has 134 valence electrons. The SMILES string of the molecule is Cl.O=C(CCC1CCNCC1)NCCNC(=O)c1ccc(Cl)cc1. The van der Waals surface area contributed by atoms with Crippen molar-refractivity contribution in [2.24, 2.45) is 5.92 Å². The second-order valence-electron chi connectivity index (χ2n) is 5.84. The highest BCUT2D eigenvalue weighted by Gasteiger charge is 2.14. The molecule has 0 spiro atoms. The smallest absolute Gasteiger partial charge is 0.251 e. The standard InChI is InChI=1S/C17H24ClN3O2.ClH/c18-15-4-2-14(3-5-15)17(23)21-12-11-20-16(22)6-1-13-7-9-19-10-8-13;/h2-5,13,19H,1,6-12H2,(H,20,22)(H,21,23);1H. The normalized spacial score (nSPS) is 14.5. The zero-order chi connectivity index (χ0) is 16.5. The number of nitrogens with one attached hydrogen (secondary N) is 3. The number of halogens is 2. The summed E-state index contributed by atoms with van der Waals surface area (Å²) in [6.07, 6.45) is 3.83. The third kappa shape index (κ3) is 7.51. The molecular weight excluding hydrogens is 349 g/mol. The van der Waals surface area contributed by atoms with Gasteiger partial charge < -0.3 is 16.0 Å². The van der Waals surface area contributed by atoms with E-state index in [9.17, 15) is 9.59 Å². The summed E-state index contributed by atoms with van der Waals surface area (Å²) in [5.74, 6) is 0.557. The van der Waals surface area contributed by atoms with E-state index in [2.05, 4.69) is 16.0 Å². The van der Waals surface area contributed by atoms with Gasteiger partial charge in [0.25, 0.3) is 5.91 Å². The molecule has 0 atom stereocenters. The average molecular weight is 374 g/mol. The van der Waals surface area contributed by atoms with Crippen LogP contribution >= 0.6 is 24.0 Å². The molecule has 2 rings (SSSR count). The van der Waals surface area contributed by atoms with Gasteiger partial charge in [0.05, 0.1) is 0 Å². The molecule has 1 aromatic rings. The van der Waals surface area contributed by atoms with Crippen LogP contribution in [0.4, 0.5) is 0 Å². The first-order chi connectivity index (χ1) is 11.1. The van der Waals surface area contributed by atoms with E-state index < -0.39 is 0 Å². The van der Waals surface area contributed by atoms with Gasteiger partial charge in [-0.2, -0.15) is 0 Å². The predicted molar refractivity (Wildman–Crippen MR) is 98.9 cm³/mol. The van der Waals surface area contributed by atoms with Gasteiger partial charge in [0.2, 0.25) is 5.91 Å². The third-order valence-corrected chi connectivity index (χ3v) is 4.33. The number of hydrogen-bond acceptors (Lipinski definition) is 3. The minimum absolute atomic E-state index is 0. The van der Waals surface area contributed by atoms with Crippen molar-refractivity contribution in [3.63, 3.8) is 0 Å². The van der Waals surface area contributed by atoms with Gasteiger partial charge in [-0.15, -0.1) is 12.4 Å². The largest absolute Gasteiger partial charge is 0.354 e. The molecule has 1 fully saturated rings. The zero-order valence-electron chi connectivity index (χ0n) is 13.6. The number of amides is 2. The van der Waals surface area contributed by atoms with Crippen molar-refractivity contribution >= 4 is 35.8 Å². The molecule has 1 aliphatic rings. The van der Waals surface area contributed by atoms with Gasteiger partial charge in [0.1, 0.15) is 0 Å². The molecule has 1 aromatic carbocycles. The summed E-state index contributed by atoms with van der Waals surface area (Å²) in [6, 6.07) is 6.71. The fourth-order valence-corrected chi connectivity index (χ4v) is 2.80. The van der Waals surface area contributed by atoms with Gasteiger partial charge in [0, 0.05) is 30.1 Å². The Bertz CT molecular complexity index is 517. The van der Waals surface area contributed by atoms with Crippen LogP contribution in [0.15, 0.2) is 24.3 Å². The summed E-state index contributed by atoms with van der Waals surface area (Å²) in [4.78, 5) is 23.6. The van der Waals surface area contributed by atoms with E-state index in [1.165, 1.54) is 0 Å². The van der Waals surface area contributed by atoms with Gasteiger partial charge in [-0.3, -0.25) is 9.59 Å². The van der Waals surface area contributed by atoms with Crippen LogP contribution < -0.4 is 16.0 Å². The zero-order valence-corrected chi connectivity index (χ0v) is 15.2. The number of hydrogen-bond donors (Lipinski definition) is 3. The molecule has 0 unspecified atom stereocenters. The maximum absolute atomic E-state index is 11.9. The first-order valence-corrected chi connectivity index (χ1v) is 8.54. The van der Waals surface area contributed by atoms with Crippen LogP contribution in [0.3, 0.4) is 0 Å². The molecule has 7 heteroatoms. The molecule has 0 aliphatic carbocycles. The summed E-state index contributed by atoms with van der Waals surface area (Å²) >= 11 is 5.78. The Morgan fingerprint density at radius 2 is 1.71 bits per heavy atom. The molecule has 1 heterocycles. The van der Waals surface area contributed by atoms with Crippen molar-refractivity contribution in [3.05, 3.63) is 34.9 Å². The lowest BCUT2D eigenvalue weighted by Crippen LogP contribution is -2.35. The molecule has 5 nitrogen and oxygen atoms in total. The van der Waals surface area contributed by atoms with Crippen LogP contribution in [0.1, 0.15) is 36.0 Å². The molecule has 24 heavy (non-hydrogen) atoms. The number of rotatable bonds is 7. The van der Waals surface area contributed by atoms with Crippen LogP contribution in [0.25, 0.3) is 0 Å². The Kier molecular flexibility index (Phi) is 9.76. The molecular formula is C17H25Cl2N3O2. The van der Waals surface area contributed by atoms with E-state index in [-0.39, 0.29) is 24.2 Å². The first kappa shape index (κ1) is 20.7. The minimum Gasteiger partial charge on any atom is -0.354 e. The van der Waals surface area contributed by atoms with Gasteiger partial charge in [0.15, 0.2) is 0 Å². The molecule has 1 saturated heterocycles. The fourth-order valence-electron chi connectivity index (χ4n) is 2.68. The average Bonchev–Trinajstić information content (AvgIpc) is 2.58. The second kappa shape index (κ2) is 11.3. The van der Waals surface area contributed by atoms with Crippen LogP contribution in [0.5, 0.6) is 0 Å². The monoisotopic (exact) mass is 373 g/mol. The van der Waals surface area contributed by atoms with Gasteiger partial charge in [-0.1, -0.05) is 11.6 Å². The Morgan fingerprint density at radius 3 is 2.38 bits per heavy atom. The third-order valence-electron chi connectivity index (χ3n) is 4.08. The van der Waals surface area contributed by atoms with E-state index >= 15 is 0 Å². The molecule has 0 saturated carbocycles. The fraction of sp³-hybridized carbons (Fsp3) is 0.529. The van der Waals surface area contributed by atoms with Crippen molar-refractivity contribution in [1.82, 2.24) is 16.0 Å². The first-order valence-electron chi connectivity index (χ1n) is 8.16. The summed E-state index contributed by atoms with van der Waals surface area (Å²) in [7, 11) is 0. The number of benzene rings is 1. The minimum atomic E-state index is -0.161. The quantitative estimate of drug-likeness (QED) is 0.642. The van der Waals surface area contributed by atoms with Gasteiger partial charge in [-0.25, -0.2) is 0 Å². The molecule has 1 aliphatic heterocycles. The van der Waals surface area contributed by atoms with Crippen LogP contribution in [0, 0.1) is 5.92 Å². The molecule has 0 aromatic heterocycles. The van der Waals surface area contributed by atoms with Crippen molar-refractivity contribution in [2.45, 2.75) is 25.7 Å². The van der Waals surface area contributed by atoms with E-state index in [4.69, 9.17) is 11.6 Å². The summed E-state index contributed by atoms with van der Waals surface area (Å²) < 4.78 is 0. The maximum Gasteiger partial charge on any atom is 0.251 e. The van der Waals surface area contributed by atoms with Crippen molar-refractivity contribution in [1.29, 1.82) is 0 Å². The summed E-state index contributed by atoms with van der Waals surface area (Å²) in [6.45, 7) is 2.98. The summed E-state index contributed by atoms with van der Waals surface area (Å²) in [5.41, 5.74) is 0.562. The van der Waals surface area contributed by atoms with Crippen molar-refractivity contribution in [2.75, 3.05) is 26.2 Å². The van der Waals surface area contributed by atoms with Crippen LogP contribution in [-0.4, -0.2) is 38.0 Å². The molecule has 0 radical (unpaired) electrons. The summed E-state index contributed by atoms with van der Waals surface area (Å²) in [5, 5.41) is 9.54. The Balaban J connectivity index is 0.00000288. The molecule has 2 amide bonds. The lowest BCUT2D eigenvalue weighted by atomic mass is 9.93.